The van der Waals surface area contributed by atoms with Gasteiger partial charge in [0.2, 0.25) is 0 Å². The summed E-state index contributed by atoms with van der Waals surface area (Å²) in [6, 6.07) is 10.1. The van der Waals surface area contributed by atoms with Crippen LogP contribution in [0.15, 0.2) is 73.0 Å². The highest BCUT2D eigenvalue weighted by Crippen LogP contribution is 2.37. The lowest BCUT2D eigenvalue weighted by atomic mass is 9.82. The van der Waals surface area contributed by atoms with Crippen molar-refractivity contribution in [1.29, 1.82) is 0 Å². The van der Waals surface area contributed by atoms with Gasteiger partial charge in [-0.05, 0) is 48.3 Å². The number of aliphatic hydroxyl groups excluding tert-OH is 1. The standard InChI is InChI=1S/C26H27F3O3/c1-16(14-24(27)17(2)31-3)32-15-18-4-6-19(7-5-18)22-12-13-23(26(29)25(22)28)20-8-10-21(30)11-9-20/h4-7,12-14,20-21,30H,1-2,8-11,15H2,3H3/b24-14+. The van der Waals surface area contributed by atoms with Gasteiger partial charge in [-0.1, -0.05) is 49.6 Å². The van der Waals surface area contributed by atoms with Crippen molar-refractivity contribution in [2.24, 2.45) is 0 Å². The highest BCUT2D eigenvalue weighted by atomic mass is 19.2. The topological polar surface area (TPSA) is 38.7 Å². The fourth-order valence-corrected chi connectivity index (χ4v) is 3.81. The van der Waals surface area contributed by atoms with E-state index in [1.165, 1.54) is 7.11 Å². The molecule has 0 unspecified atom stereocenters. The third-order valence-corrected chi connectivity index (χ3v) is 5.74. The van der Waals surface area contributed by atoms with E-state index in [2.05, 4.69) is 13.2 Å². The Labute approximate surface area is 186 Å². The molecule has 6 heteroatoms. The van der Waals surface area contributed by atoms with E-state index in [0.29, 0.717) is 36.8 Å². The summed E-state index contributed by atoms with van der Waals surface area (Å²) in [5.74, 6) is -2.47. The van der Waals surface area contributed by atoms with Crippen molar-refractivity contribution in [2.75, 3.05) is 7.11 Å². The largest absolute Gasteiger partial charge is 0.494 e. The minimum Gasteiger partial charge on any atom is -0.494 e. The molecule has 2 aromatic carbocycles. The highest BCUT2D eigenvalue weighted by Gasteiger charge is 2.25. The molecule has 0 atom stereocenters. The maximum absolute atomic E-state index is 14.8. The molecule has 0 amide bonds. The average Bonchev–Trinajstić information content (AvgIpc) is 2.80. The van der Waals surface area contributed by atoms with Gasteiger partial charge >= 0.3 is 0 Å². The first-order chi connectivity index (χ1) is 15.3. The van der Waals surface area contributed by atoms with Crippen LogP contribution in [0.1, 0.15) is 42.7 Å². The van der Waals surface area contributed by atoms with Gasteiger partial charge < -0.3 is 14.6 Å². The summed E-state index contributed by atoms with van der Waals surface area (Å²) >= 11 is 0. The number of hydrogen-bond donors (Lipinski definition) is 1. The van der Waals surface area contributed by atoms with Crippen molar-refractivity contribution in [3.63, 3.8) is 0 Å². The first-order valence-corrected chi connectivity index (χ1v) is 10.5. The van der Waals surface area contributed by atoms with Crippen molar-refractivity contribution in [3.05, 3.63) is 95.7 Å². The Morgan fingerprint density at radius 2 is 1.69 bits per heavy atom. The number of ether oxygens (including phenoxy) is 2. The molecule has 0 radical (unpaired) electrons. The molecular weight excluding hydrogens is 417 g/mol. The second-order valence-electron chi connectivity index (χ2n) is 7.91. The summed E-state index contributed by atoms with van der Waals surface area (Å²) in [5, 5.41) is 9.64. The van der Waals surface area contributed by atoms with Crippen molar-refractivity contribution < 1.29 is 27.8 Å². The van der Waals surface area contributed by atoms with Gasteiger partial charge in [0.1, 0.15) is 18.1 Å². The Morgan fingerprint density at radius 1 is 1.03 bits per heavy atom. The van der Waals surface area contributed by atoms with E-state index < -0.39 is 17.5 Å². The fraction of sp³-hybridized carbons (Fsp3) is 0.308. The molecule has 0 spiro atoms. The van der Waals surface area contributed by atoms with Crippen LogP contribution in [0.2, 0.25) is 0 Å². The van der Waals surface area contributed by atoms with E-state index in [1.807, 2.05) is 0 Å². The summed E-state index contributed by atoms with van der Waals surface area (Å²) in [4.78, 5) is 0. The molecule has 1 N–H and O–H groups in total. The van der Waals surface area contributed by atoms with Gasteiger partial charge in [0.15, 0.2) is 17.5 Å². The number of hydrogen-bond acceptors (Lipinski definition) is 3. The van der Waals surface area contributed by atoms with Crippen LogP contribution in [0.3, 0.4) is 0 Å². The predicted octanol–water partition coefficient (Wildman–Crippen LogP) is 6.69. The molecule has 0 saturated heterocycles. The van der Waals surface area contributed by atoms with E-state index in [4.69, 9.17) is 9.47 Å². The highest BCUT2D eigenvalue weighted by molar-refractivity contribution is 5.65. The van der Waals surface area contributed by atoms with Gasteiger partial charge in [-0.25, -0.2) is 13.2 Å². The molecule has 1 aliphatic carbocycles. The van der Waals surface area contributed by atoms with Gasteiger partial charge in [-0.15, -0.1) is 0 Å². The number of aliphatic hydroxyl groups is 1. The average molecular weight is 444 g/mol. The zero-order valence-corrected chi connectivity index (χ0v) is 18.0. The maximum Gasteiger partial charge on any atom is 0.168 e. The third-order valence-electron chi connectivity index (χ3n) is 5.74. The maximum atomic E-state index is 14.8. The molecule has 1 aliphatic rings. The first kappa shape index (κ1) is 23.7. The van der Waals surface area contributed by atoms with Gasteiger partial charge in [-0.3, -0.25) is 0 Å². The number of allylic oxidation sites excluding steroid dienone is 2. The van der Waals surface area contributed by atoms with Gasteiger partial charge in [0, 0.05) is 11.6 Å². The normalized spacial score (nSPS) is 18.8. The summed E-state index contributed by atoms with van der Waals surface area (Å²) < 4.78 is 53.4. The lowest BCUT2D eigenvalue weighted by molar-refractivity contribution is 0.122. The predicted molar refractivity (Wildman–Crippen MR) is 118 cm³/mol. The molecule has 170 valence electrons. The minimum absolute atomic E-state index is 0.0745. The van der Waals surface area contributed by atoms with Gasteiger partial charge in [0.25, 0.3) is 0 Å². The van der Waals surface area contributed by atoms with E-state index in [1.54, 1.807) is 36.4 Å². The molecule has 1 saturated carbocycles. The molecule has 0 aliphatic heterocycles. The van der Waals surface area contributed by atoms with E-state index in [9.17, 15) is 18.3 Å². The molecule has 0 aromatic heterocycles. The summed E-state index contributed by atoms with van der Waals surface area (Å²) in [6.45, 7) is 7.16. The van der Waals surface area contributed by atoms with Crippen LogP contribution in [-0.4, -0.2) is 18.3 Å². The molecule has 32 heavy (non-hydrogen) atoms. The lowest BCUT2D eigenvalue weighted by Crippen LogP contribution is -2.18. The fourth-order valence-electron chi connectivity index (χ4n) is 3.81. The summed E-state index contributed by atoms with van der Waals surface area (Å²) in [5.41, 5.74) is 1.85. The van der Waals surface area contributed by atoms with E-state index in [0.717, 1.165) is 11.6 Å². The first-order valence-electron chi connectivity index (χ1n) is 10.5. The lowest BCUT2D eigenvalue weighted by Gasteiger charge is -2.26. The molecule has 0 bridgehead atoms. The van der Waals surface area contributed by atoms with E-state index in [-0.39, 0.29) is 35.7 Å². The number of methoxy groups -OCH3 is 1. The monoisotopic (exact) mass is 444 g/mol. The van der Waals surface area contributed by atoms with Crippen molar-refractivity contribution in [2.45, 2.75) is 44.3 Å². The summed E-state index contributed by atoms with van der Waals surface area (Å²) in [7, 11) is 1.31. The number of rotatable bonds is 8. The van der Waals surface area contributed by atoms with Crippen LogP contribution in [-0.2, 0) is 16.1 Å². The van der Waals surface area contributed by atoms with Crippen molar-refractivity contribution in [3.8, 4) is 11.1 Å². The zero-order chi connectivity index (χ0) is 23.3. The zero-order valence-electron chi connectivity index (χ0n) is 18.0. The van der Waals surface area contributed by atoms with Crippen LogP contribution in [0.25, 0.3) is 11.1 Å². The Morgan fingerprint density at radius 3 is 2.31 bits per heavy atom. The summed E-state index contributed by atoms with van der Waals surface area (Å²) in [6.07, 6.45) is 3.23. The molecule has 3 rings (SSSR count). The molecule has 0 heterocycles. The SMILES string of the molecule is C=C(/C=C(/F)C(=C)OC)OCc1ccc(-c2ccc(C3CCC(O)CC3)c(F)c2F)cc1. The van der Waals surface area contributed by atoms with E-state index >= 15 is 0 Å². The van der Waals surface area contributed by atoms with Crippen LogP contribution in [0, 0.1) is 11.6 Å². The van der Waals surface area contributed by atoms with Crippen molar-refractivity contribution in [1.82, 2.24) is 0 Å². The van der Waals surface area contributed by atoms with Crippen LogP contribution < -0.4 is 0 Å². The Bertz CT molecular complexity index is 1000. The van der Waals surface area contributed by atoms with Crippen LogP contribution >= 0.6 is 0 Å². The molecule has 3 nitrogen and oxygen atoms in total. The second kappa shape index (κ2) is 10.6. The van der Waals surface area contributed by atoms with Crippen LogP contribution in [0.5, 0.6) is 0 Å². The molecular formula is C26H27F3O3. The second-order valence-corrected chi connectivity index (χ2v) is 7.91. The Hall–Kier alpha value is -2.99. The minimum atomic E-state index is -0.870. The Kier molecular flexibility index (Phi) is 7.80. The third kappa shape index (κ3) is 5.62. The Balaban J connectivity index is 1.67. The quantitative estimate of drug-likeness (QED) is 0.364. The smallest absolute Gasteiger partial charge is 0.168 e. The van der Waals surface area contributed by atoms with Gasteiger partial charge in [0.05, 0.1) is 13.2 Å². The van der Waals surface area contributed by atoms with Crippen LogP contribution in [0.4, 0.5) is 13.2 Å². The number of benzene rings is 2. The molecule has 1 fully saturated rings. The van der Waals surface area contributed by atoms with Gasteiger partial charge in [-0.2, -0.15) is 0 Å². The van der Waals surface area contributed by atoms with Crippen molar-refractivity contribution >= 4 is 0 Å². The number of halogens is 3. The molecule has 2 aromatic rings.